The SMILES string of the molecule is N#Cc1ccc(-c2ccccc2)nc1NC1CCCCC1. The van der Waals surface area contributed by atoms with Crippen molar-refractivity contribution in [2.75, 3.05) is 5.32 Å². The van der Waals surface area contributed by atoms with Crippen LogP contribution in [0.3, 0.4) is 0 Å². The van der Waals surface area contributed by atoms with Crippen molar-refractivity contribution in [2.24, 2.45) is 0 Å². The van der Waals surface area contributed by atoms with E-state index in [2.05, 4.69) is 16.4 Å². The number of benzene rings is 1. The van der Waals surface area contributed by atoms with Crippen LogP contribution in [0.2, 0.25) is 0 Å². The van der Waals surface area contributed by atoms with E-state index in [1.807, 2.05) is 42.5 Å². The number of nitrogens with one attached hydrogen (secondary N) is 1. The zero-order valence-corrected chi connectivity index (χ0v) is 12.0. The number of nitriles is 1. The molecule has 1 saturated carbocycles. The number of pyridine rings is 1. The van der Waals surface area contributed by atoms with Crippen LogP contribution >= 0.6 is 0 Å². The molecular formula is C18H19N3. The molecule has 2 aromatic rings. The van der Waals surface area contributed by atoms with Crippen molar-refractivity contribution < 1.29 is 0 Å². The zero-order valence-electron chi connectivity index (χ0n) is 12.0. The van der Waals surface area contributed by atoms with Gasteiger partial charge in [0.2, 0.25) is 0 Å². The van der Waals surface area contributed by atoms with Gasteiger partial charge in [-0.05, 0) is 25.0 Å². The van der Waals surface area contributed by atoms with E-state index in [9.17, 15) is 5.26 Å². The lowest BCUT2D eigenvalue weighted by atomic mass is 9.95. The lowest BCUT2D eigenvalue weighted by Gasteiger charge is -2.24. The van der Waals surface area contributed by atoms with Gasteiger partial charge in [-0.2, -0.15) is 5.26 Å². The molecule has 1 aromatic carbocycles. The molecule has 3 heteroatoms. The number of rotatable bonds is 3. The first kappa shape index (κ1) is 13.6. The van der Waals surface area contributed by atoms with Gasteiger partial charge in [0.05, 0.1) is 11.3 Å². The van der Waals surface area contributed by atoms with Crippen molar-refractivity contribution in [2.45, 2.75) is 38.1 Å². The Kier molecular flexibility index (Phi) is 4.16. The molecule has 3 rings (SSSR count). The molecule has 0 unspecified atom stereocenters. The summed E-state index contributed by atoms with van der Waals surface area (Å²) in [5.74, 6) is 0.728. The molecule has 106 valence electrons. The van der Waals surface area contributed by atoms with Crippen molar-refractivity contribution in [1.29, 1.82) is 5.26 Å². The van der Waals surface area contributed by atoms with Crippen LogP contribution in [-0.4, -0.2) is 11.0 Å². The third-order valence-corrected chi connectivity index (χ3v) is 4.03. The average molecular weight is 277 g/mol. The average Bonchev–Trinajstić information content (AvgIpc) is 2.56. The first-order valence-corrected chi connectivity index (χ1v) is 7.60. The lowest BCUT2D eigenvalue weighted by Crippen LogP contribution is -2.23. The van der Waals surface area contributed by atoms with Crippen LogP contribution in [0.15, 0.2) is 42.5 Å². The summed E-state index contributed by atoms with van der Waals surface area (Å²) in [4.78, 5) is 4.67. The summed E-state index contributed by atoms with van der Waals surface area (Å²) in [5.41, 5.74) is 2.61. The maximum atomic E-state index is 9.28. The summed E-state index contributed by atoms with van der Waals surface area (Å²) in [6, 6.07) is 16.5. The van der Waals surface area contributed by atoms with Crippen LogP contribution in [0.1, 0.15) is 37.7 Å². The fraction of sp³-hybridized carbons (Fsp3) is 0.333. The lowest BCUT2D eigenvalue weighted by molar-refractivity contribution is 0.462. The number of nitrogens with zero attached hydrogens (tertiary/aromatic N) is 2. The minimum Gasteiger partial charge on any atom is -0.366 e. The molecule has 0 saturated heterocycles. The molecule has 0 aliphatic heterocycles. The van der Waals surface area contributed by atoms with Crippen LogP contribution in [0.25, 0.3) is 11.3 Å². The van der Waals surface area contributed by atoms with Gasteiger partial charge >= 0.3 is 0 Å². The minimum absolute atomic E-state index is 0.448. The Labute approximate surface area is 125 Å². The highest BCUT2D eigenvalue weighted by Gasteiger charge is 2.16. The first-order valence-electron chi connectivity index (χ1n) is 7.60. The quantitative estimate of drug-likeness (QED) is 0.906. The number of hydrogen-bond donors (Lipinski definition) is 1. The molecule has 1 fully saturated rings. The maximum absolute atomic E-state index is 9.28. The van der Waals surface area contributed by atoms with Gasteiger partial charge in [-0.1, -0.05) is 49.6 Å². The Morgan fingerprint density at radius 2 is 1.76 bits per heavy atom. The van der Waals surface area contributed by atoms with Gasteiger partial charge in [0.15, 0.2) is 0 Å². The van der Waals surface area contributed by atoms with Crippen molar-refractivity contribution in [3.63, 3.8) is 0 Å². The van der Waals surface area contributed by atoms with E-state index in [0.29, 0.717) is 11.6 Å². The number of hydrogen-bond acceptors (Lipinski definition) is 3. The van der Waals surface area contributed by atoms with E-state index in [1.165, 1.54) is 32.1 Å². The normalized spacial score (nSPS) is 15.4. The van der Waals surface area contributed by atoms with E-state index in [1.54, 1.807) is 0 Å². The summed E-state index contributed by atoms with van der Waals surface area (Å²) < 4.78 is 0. The predicted molar refractivity (Wildman–Crippen MR) is 84.9 cm³/mol. The fourth-order valence-electron chi connectivity index (χ4n) is 2.87. The van der Waals surface area contributed by atoms with E-state index in [-0.39, 0.29) is 0 Å². The van der Waals surface area contributed by atoms with Crippen LogP contribution < -0.4 is 5.32 Å². The van der Waals surface area contributed by atoms with Crippen molar-refractivity contribution in [3.8, 4) is 17.3 Å². The van der Waals surface area contributed by atoms with Gasteiger partial charge < -0.3 is 5.32 Å². The van der Waals surface area contributed by atoms with Crippen molar-refractivity contribution in [1.82, 2.24) is 4.98 Å². The molecular weight excluding hydrogens is 258 g/mol. The van der Waals surface area contributed by atoms with E-state index < -0.39 is 0 Å². The molecule has 0 radical (unpaired) electrons. The molecule has 0 amide bonds. The number of anilines is 1. The highest BCUT2D eigenvalue weighted by atomic mass is 15.0. The smallest absolute Gasteiger partial charge is 0.144 e. The largest absolute Gasteiger partial charge is 0.366 e. The Balaban J connectivity index is 1.88. The Morgan fingerprint density at radius 3 is 2.48 bits per heavy atom. The van der Waals surface area contributed by atoms with Gasteiger partial charge in [0.1, 0.15) is 11.9 Å². The monoisotopic (exact) mass is 277 g/mol. The van der Waals surface area contributed by atoms with Crippen molar-refractivity contribution in [3.05, 3.63) is 48.0 Å². The topological polar surface area (TPSA) is 48.7 Å². The summed E-state index contributed by atoms with van der Waals surface area (Å²) in [5, 5.41) is 12.8. The van der Waals surface area contributed by atoms with Gasteiger partial charge in [0, 0.05) is 11.6 Å². The number of aromatic nitrogens is 1. The van der Waals surface area contributed by atoms with Gasteiger partial charge in [-0.15, -0.1) is 0 Å². The van der Waals surface area contributed by atoms with Crippen molar-refractivity contribution >= 4 is 5.82 Å². The van der Waals surface area contributed by atoms with Crippen LogP contribution in [0.5, 0.6) is 0 Å². The second-order valence-corrected chi connectivity index (χ2v) is 5.55. The van der Waals surface area contributed by atoms with Gasteiger partial charge in [-0.3, -0.25) is 0 Å². The van der Waals surface area contributed by atoms with E-state index in [0.717, 1.165) is 17.1 Å². The van der Waals surface area contributed by atoms with E-state index >= 15 is 0 Å². The van der Waals surface area contributed by atoms with Crippen LogP contribution in [-0.2, 0) is 0 Å². The molecule has 0 spiro atoms. The third kappa shape index (κ3) is 3.22. The molecule has 1 aromatic heterocycles. The predicted octanol–water partition coefficient (Wildman–Crippen LogP) is 4.36. The fourth-order valence-corrected chi connectivity index (χ4v) is 2.87. The van der Waals surface area contributed by atoms with E-state index in [4.69, 9.17) is 0 Å². The first-order chi connectivity index (χ1) is 10.4. The second-order valence-electron chi connectivity index (χ2n) is 5.55. The molecule has 0 atom stereocenters. The molecule has 21 heavy (non-hydrogen) atoms. The highest BCUT2D eigenvalue weighted by Crippen LogP contribution is 2.25. The molecule has 1 aliphatic rings. The summed E-state index contributed by atoms with van der Waals surface area (Å²) in [6.45, 7) is 0. The molecule has 3 nitrogen and oxygen atoms in total. The molecule has 1 N–H and O–H groups in total. The zero-order chi connectivity index (χ0) is 14.5. The maximum Gasteiger partial charge on any atom is 0.144 e. The van der Waals surface area contributed by atoms with Crippen LogP contribution in [0.4, 0.5) is 5.82 Å². The van der Waals surface area contributed by atoms with Gasteiger partial charge in [-0.25, -0.2) is 4.98 Å². The summed E-state index contributed by atoms with van der Waals surface area (Å²) >= 11 is 0. The van der Waals surface area contributed by atoms with Crippen LogP contribution in [0, 0.1) is 11.3 Å². The molecule has 1 aliphatic carbocycles. The van der Waals surface area contributed by atoms with Gasteiger partial charge in [0.25, 0.3) is 0 Å². The second kappa shape index (κ2) is 6.41. The Hall–Kier alpha value is -2.34. The standard InChI is InChI=1S/C18H19N3/c19-13-15-11-12-17(14-7-3-1-4-8-14)21-18(15)20-16-9-5-2-6-10-16/h1,3-4,7-8,11-12,16H,2,5-6,9-10H2,(H,20,21). The Morgan fingerprint density at radius 1 is 1.00 bits per heavy atom. The highest BCUT2D eigenvalue weighted by molar-refractivity contribution is 5.64. The Bertz CT molecular complexity index is 637. The summed E-state index contributed by atoms with van der Waals surface area (Å²) in [7, 11) is 0. The minimum atomic E-state index is 0.448. The summed E-state index contributed by atoms with van der Waals surface area (Å²) in [6.07, 6.45) is 6.18. The molecule has 1 heterocycles. The third-order valence-electron chi connectivity index (χ3n) is 4.03. The molecule has 0 bridgehead atoms.